The minimum atomic E-state index is -3.39. The van der Waals surface area contributed by atoms with E-state index >= 15 is 0 Å². The van der Waals surface area contributed by atoms with Crippen LogP contribution in [0.5, 0.6) is 0 Å². The number of amides is 3. The summed E-state index contributed by atoms with van der Waals surface area (Å²) in [4.78, 5) is 48.5. The van der Waals surface area contributed by atoms with Crippen LogP contribution in [-0.2, 0) is 30.0 Å². The van der Waals surface area contributed by atoms with E-state index in [0.29, 0.717) is 37.6 Å². The van der Waals surface area contributed by atoms with Crippen molar-refractivity contribution in [3.63, 3.8) is 0 Å². The van der Waals surface area contributed by atoms with Crippen LogP contribution < -0.4 is 15.5 Å². The van der Waals surface area contributed by atoms with Crippen LogP contribution in [0.3, 0.4) is 0 Å². The van der Waals surface area contributed by atoms with Crippen LogP contribution in [0.1, 0.15) is 61.6 Å². The molecular weight excluding hydrogens is 605 g/mol. The van der Waals surface area contributed by atoms with Crippen molar-refractivity contribution >= 4 is 64.7 Å². The van der Waals surface area contributed by atoms with Crippen molar-refractivity contribution in [2.75, 3.05) is 42.8 Å². The third-order valence-corrected chi connectivity index (χ3v) is 9.72. The molecule has 2 aromatic rings. The zero-order valence-electron chi connectivity index (χ0n) is 24.7. The summed E-state index contributed by atoms with van der Waals surface area (Å²) in [5.74, 6) is 1.18. The molecule has 2 aromatic carbocycles. The zero-order valence-corrected chi connectivity index (χ0v) is 27.2. The Morgan fingerprint density at radius 1 is 0.837 bits per heavy atom. The fourth-order valence-electron chi connectivity index (χ4n) is 4.43. The summed E-state index contributed by atoms with van der Waals surface area (Å²) in [5, 5.41) is 5.80. The van der Waals surface area contributed by atoms with E-state index in [2.05, 4.69) is 16.7 Å². The van der Waals surface area contributed by atoms with Gasteiger partial charge in [-0.1, -0.05) is 89.0 Å². The molecular formula is C31H42N3O6PS2. The van der Waals surface area contributed by atoms with Crippen molar-refractivity contribution < 1.29 is 28.4 Å². The number of nitrogens with zero attached hydrogens (tertiary/aromatic N) is 1. The fraction of sp³-hybridized carbons (Fsp3) is 0.452. The van der Waals surface area contributed by atoms with Crippen molar-refractivity contribution in [3.8, 4) is 0 Å². The summed E-state index contributed by atoms with van der Waals surface area (Å²) in [6.07, 6.45) is 8.18. The zero-order chi connectivity index (χ0) is 30.9. The monoisotopic (exact) mass is 647 g/mol. The summed E-state index contributed by atoms with van der Waals surface area (Å²) in [5.41, 5.74) is 3.95. The molecule has 1 aliphatic rings. The number of benzene rings is 2. The lowest BCUT2D eigenvalue weighted by Crippen LogP contribution is -2.33. The summed E-state index contributed by atoms with van der Waals surface area (Å²) < 4.78 is 15.9. The highest BCUT2D eigenvalue weighted by molar-refractivity contribution is 8.76. The van der Waals surface area contributed by atoms with E-state index in [1.165, 1.54) is 6.66 Å². The Labute approximate surface area is 262 Å². The maximum Gasteiger partial charge on any atom is 0.325 e. The van der Waals surface area contributed by atoms with Gasteiger partial charge in [-0.2, -0.15) is 0 Å². The quantitative estimate of drug-likeness (QED) is 0.104. The van der Waals surface area contributed by atoms with Crippen molar-refractivity contribution in [3.05, 3.63) is 65.2 Å². The smallest absolute Gasteiger partial charge is 0.325 e. The Bertz CT molecular complexity index is 1290. The Morgan fingerprint density at radius 2 is 1.49 bits per heavy atom. The van der Waals surface area contributed by atoms with Gasteiger partial charge in [0, 0.05) is 50.5 Å². The number of anilines is 1. The van der Waals surface area contributed by atoms with E-state index < -0.39 is 7.60 Å². The highest BCUT2D eigenvalue weighted by atomic mass is 33.1. The second-order valence-electron chi connectivity index (χ2n) is 10.2. The molecule has 1 atom stereocenters. The second-order valence-corrected chi connectivity index (χ2v) is 14.8. The number of carbonyl (C=O) groups excluding carboxylic acids is 3. The van der Waals surface area contributed by atoms with Gasteiger partial charge < -0.3 is 25.0 Å². The van der Waals surface area contributed by atoms with Crippen LogP contribution >= 0.6 is 29.2 Å². The Morgan fingerprint density at radius 3 is 2.30 bits per heavy atom. The summed E-state index contributed by atoms with van der Waals surface area (Å²) in [7, 11) is -0.183. The van der Waals surface area contributed by atoms with Gasteiger partial charge >= 0.3 is 7.60 Å². The van der Waals surface area contributed by atoms with Gasteiger partial charge in [0.15, 0.2) is 0 Å². The van der Waals surface area contributed by atoms with Gasteiger partial charge in [0.2, 0.25) is 17.7 Å². The number of para-hydroxylation sites is 1. The number of hydrogen-bond acceptors (Lipinski definition) is 7. The van der Waals surface area contributed by atoms with Crippen molar-refractivity contribution in [2.45, 2.75) is 51.5 Å². The van der Waals surface area contributed by atoms with Gasteiger partial charge in [0.1, 0.15) is 0 Å². The molecule has 0 saturated heterocycles. The van der Waals surface area contributed by atoms with E-state index in [0.717, 1.165) is 48.1 Å². The first kappa shape index (κ1) is 34.9. The van der Waals surface area contributed by atoms with Crippen LogP contribution in [0.4, 0.5) is 5.69 Å². The normalized spacial score (nSPS) is 14.4. The molecule has 12 heteroatoms. The first-order valence-electron chi connectivity index (χ1n) is 14.6. The summed E-state index contributed by atoms with van der Waals surface area (Å²) in [6.45, 7) is 3.03. The molecule has 234 valence electrons. The van der Waals surface area contributed by atoms with E-state index in [4.69, 9.17) is 9.42 Å². The minimum absolute atomic E-state index is 0.0174. The minimum Gasteiger partial charge on any atom is -0.356 e. The average molecular weight is 648 g/mol. The number of unbranched alkanes of at least 4 members (excludes halogenated alkanes) is 3. The molecule has 1 unspecified atom stereocenters. The molecule has 0 fully saturated rings. The number of nitrogens with one attached hydrogen (secondary N) is 2. The highest BCUT2D eigenvalue weighted by Crippen LogP contribution is 2.36. The molecule has 1 heterocycles. The molecule has 3 N–H and O–H groups in total. The third kappa shape index (κ3) is 13.7. The summed E-state index contributed by atoms with van der Waals surface area (Å²) in [6, 6.07) is 15.8. The number of carbonyl (C=O) groups is 3. The van der Waals surface area contributed by atoms with E-state index in [1.54, 1.807) is 26.5 Å². The van der Waals surface area contributed by atoms with Gasteiger partial charge in [-0.3, -0.25) is 18.9 Å². The third-order valence-electron chi connectivity index (χ3n) is 6.65. The number of rotatable bonds is 18. The van der Waals surface area contributed by atoms with Crippen LogP contribution in [0, 0.1) is 0 Å². The van der Waals surface area contributed by atoms with Gasteiger partial charge in [-0.25, -0.2) is 0 Å². The van der Waals surface area contributed by atoms with E-state index in [1.807, 2.05) is 54.6 Å². The van der Waals surface area contributed by atoms with Crippen molar-refractivity contribution in [2.24, 2.45) is 0 Å². The molecule has 0 aliphatic carbocycles. The number of hydrogen-bond donors (Lipinski definition) is 3. The molecule has 0 radical (unpaired) electrons. The Kier molecular flexibility index (Phi) is 15.4. The predicted octanol–water partition coefficient (Wildman–Crippen LogP) is 5.88. The highest BCUT2D eigenvalue weighted by Gasteiger charge is 2.21. The van der Waals surface area contributed by atoms with Crippen LogP contribution in [0.15, 0.2) is 48.5 Å². The second kappa shape index (κ2) is 19.0. The molecule has 0 bridgehead atoms. The van der Waals surface area contributed by atoms with Crippen LogP contribution in [0.2, 0.25) is 0 Å². The fourth-order valence-corrected chi connectivity index (χ4v) is 6.80. The largest absolute Gasteiger partial charge is 0.356 e. The summed E-state index contributed by atoms with van der Waals surface area (Å²) >= 11 is 0. The van der Waals surface area contributed by atoms with Crippen molar-refractivity contribution in [1.29, 1.82) is 0 Å². The molecule has 0 aromatic heterocycles. The lowest BCUT2D eigenvalue weighted by Gasteiger charge is -2.27. The maximum atomic E-state index is 13.3. The topological polar surface area (TPSA) is 125 Å². The van der Waals surface area contributed by atoms with E-state index in [9.17, 15) is 18.9 Å². The van der Waals surface area contributed by atoms with Crippen LogP contribution in [0.25, 0.3) is 12.2 Å². The molecule has 9 nitrogen and oxygen atoms in total. The van der Waals surface area contributed by atoms with Crippen LogP contribution in [-0.4, -0.2) is 60.5 Å². The maximum absolute atomic E-state index is 13.3. The lowest BCUT2D eigenvalue weighted by molar-refractivity contribution is -0.125. The number of fused-ring (bicyclic) bond motifs is 2. The van der Waals surface area contributed by atoms with Gasteiger partial charge in [0.25, 0.3) is 0 Å². The molecule has 3 amide bonds. The standard InChI is InChI=1S/C31H42N3O6PS2/c1-41(38,39)40-21-9-3-2-8-19-32-30(36)18-22-42-43-23-20-33-29(35)16-17-31(37)34-24-27-12-5-4-10-25(27)14-15-26-11-6-7-13-28(26)34/h4-7,10-15H,2-3,8-9,16-24H2,1H3,(H,32,36)(H,33,35)(H,38,39)/b15-14-. The SMILES string of the molecule is CP(=O)(O)OCCCCCCNC(=O)CCSSCCNC(=O)CCC(=O)N1Cc2ccccc2/C=C\c2ccccc21. The van der Waals surface area contributed by atoms with Gasteiger partial charge in [-0.15, -0.1) is 0 Å². The van der Waals surface area contributed by atoms with Crippen molar-refractivity contribution in [1.82, 2.24) is 10.6 Å². The Hall–Kier alpha value is -2.56. The average Bonchev–Trinajstić information content (AvgIpc) is 2.97. The van der Waals surface area contributed by atoms with E-state index in [-0.39, 0.29) is 37.2 Å². The van der Waals surface area contributed by atoms with Gasteiger partial charge in [-0.05, 0) is 35.6 Å². The first-order valence-corrected chi connectivity index (χ1v) is 19.1. The molecule has 3 rings (SSSR count). The molecule has 0 saturated carbocycles. The Balaban J connectivity index is 1.24. The lowest BCUT2D eigenvalue weighted by atomic mass is 10.0. The van der Waals surface area contributed by atoms with Gasteiger partial charge in [0.05, 0.1) is 18.8 Å². The molecule has 43 heavy (non-hydrogen) atoms. The first-order chi connectivity index (χ1) is 20.7. The predicted molar refractivity (Wildman–Crippen MR) is 178 cm³/mol. The molecule has 0 spiro atoms. The molecule has 1 aliphatic heterocycles.